The van der Waals surface area contributed by atoms with E-state index >= 15 is 0 Å². The number of halogens is 1. The van der Waals surface area contributed by atoms with Gasteiger partial charge in [-0.15, -0.1) is 11.6 Å². The zero-order chi connectivity index (χ0) is 14.7. The normalized spacial score (nSPS) is 29.8. The standard InChI is InChI=1S/C19H23ClO/c20-18-17(15-9-5-2-6-10-15)12-11-16(19(18)21)13-14-7-3-1-4-8-14/h1,3-4,7-8,13,15,17-18H,2,5-6,9-12H2. The molecule has 1 aromatic rings. The van der Waals surface area contributed by atoms with E-state index in [1.165, 1.54) is 32.1 Å². The summed E-state index contributed by atoms with van der Waals surface area (Å²) in [4.78, 5) is 12.6. The Bertz CT molecular complexity index is 514. The van der Waals surface area contributed by atoms with Gasteiger partial charge in [-0.3, -0.25) is 4.79 Å². The highest BCUT2D eigenvalue weighted by atomic mass is 35.5. The van der Waals surface area contributed by atoms with E-state index in [2.05, 4.69) is 0 Å². The number of ketones is 1. The minimum absolute atomic E-state index is 0.169. The van der Waals surface area contributed by atoms with Gasteiger partial charge >= 0.3 is 0 Å². The summed E-state index contributed by atoms with van der Waals surface area (Å²) in [5, 5.41) is -0.309. The van der Waals surface area contributed by atoms with Crippen molar-refractivity contribution in [3.63, 3.8) is 0 Å². The zero-order valence-electron chi connectivity index (χ0n) is 12.4. The highest BCUT2D eigenvalue weighted by Gasteiger charge is 2.38. The lowest BCUT2D eigenvalue weighted by Gasteiger charge is -2.36. The van der Waals surface area contributed by atoms with Crippen molar-refractivity contribution in [1.29, 1.82) is 0 Å². The van der Waals surface area contributed by atoms with Gasteiger partial charge in [-0.05, 0) is 41.9 Å². The van der Waals surface area contributed by atoms with Gasteiger partial charge in [0.25, 0.3) is 0 Å². The zero-order valence-corrected chi connectivity index (χ0v) is 13.2. The Morgan fingerprint density at radius 1 is 1.00 bits per heavy atom. The molecule has 0 radical (unpaired) electrons. The van der Waals surface area contributed by atoms with E-state index in [0.717, 1.165) is 24.0 Å². The van der Waals surface area contributed by atoms with Crippen LogP contribution in [0.2, 0.25) is 0 Å². The smallest absolute Gasteiger partial charge is 0.176 e. The molecule has 0 aliphatic heterocycles. The van der Waals surface area contributed by atoms with E-state index in [1.807, 2.05) is 36.4 Å². The Balaban J connectivity index is 1.72. The fourth-order valence-electron chi connectivity index (χ4n) is 3.89. The molecule has 2 aliphatic carbocycles. The van der Waals surface area contributed by atoms with Gasteiger partial charge in [-0.1, -0.05) is 62.4 Å². The third-order valence-corrected chi connectivity index (χ3v) is 5.61. The summed E-state index contributed by atoms with van der Waals surface area (Å²) in [6.07, 6.45) is 10.5. The Morgan fingerprint density at radius 2 is 1.71 bits per heavy atom. The Labute approximate surface area is 132 Å². The molecule has 0 saturated heterocycles. The van der Waals surface area contributed by atoms with E-state index < -0.39 is 0 Å². The van der Waals surface area contributed by atoms with Crippen LogP contribution in [0.4, 0.5) is 0 Å². The van der Waals surface area contributed by atoms with Gasteiger partial charge in [-0.2, -0.15) is 0 Å². The molecule has 112 valence electrons. The van der Waals surface area contributed by atoms with Crippen LogP contribution in [0.5, 0.6) is 0 Å². The second kappa shape index (κ2) is 6.79. The molecule has 3 rings (SSSR count). The molecule has 0 bridgehead atoms. The molecule has 2 unspecified atom stereocenters. The number of hydrogen-bond acceptors (Lipinski definition) is 1. The minimum atomic E-state index is -0.309. The first-order valence-electron chi connectivity index (χ1n) is 8.19. The first kappa shape index (κ1) is 14.8. The second-order valence-electron chi connectivity index (χ2n) is 6.45. The lowest BCUT2D eigenvalue weighted by Crippen LogP contribution is -2.36. The molecular formula is C19H23ClO. The van der Waals surface area contributed by atoms with E-state index in [9.17, 15) is 4.79 Å². The van der Waals surface area contributed by atoms with Gasteiger partial charge in [-0.25, -0.2) is 0 Å². The predicted octanol–water partition coefficient (Wildman–Crippen LogP) is 5.24. The first-order valence-corrected chi connectivity index (χ1v) is 8.63. The third kappa shape index (κ3) is 3.40. The lowest BCUT2D eigenvalue weighted by atomic mass is 9.71. The Hall–Kier alpha value is -1.08. The van der Waals surface area contributed by atoms with Gasteiger partial charge in [0.15, 0.2) is 5.78 Å². The van der Waals surface area contributed by atoms with Crippen LogP contribution in [0.25, 0.3) is 6.08 Å². The lowest BCUT2D eigenvalue weighted by molar-refractivity contribution is -0.117. The number of carbonyl (C=O) groups is 1. The number of alkyl halides is 1. The van der Waals surface area contributed by atoms with E-state index in [4.69, 9.17) is 11.6 Å². The number of carbonyl (C=O) groups excluding carboxylic acids is 1. The number of rotatable bonds is 2. The van der Waals surface area contributed by atoms with Crippen LogP contribution in [0.3, 0.4) is 0 Å². The first-order chi connectivity index (χ1) is 10.3. The highest BCUT2D eigenvalue weighted by molar-refractivity contribution is 6.34. The molecule has 0 heterocycles. The molecule has 2 heteroatoms. The summed E-state index contributed by atoms with van der Waals surface area (Å²) in [5.74, 6) is 1.23. The molecule has 2 atom stereocenters. The monoisotopic (exact) mass is 302 g/mol. The van der Waals surface area contributed by atoms with E-state index in [1.54, 1.807) is 0 Å². The van der Waals surface area contributed by atoms with Crippen LogP contribution in [0, 0.1) is 11.8 Å². The number of benzene rings is 1. The summed E-state index contributed by atoms with van der Waals surface area (Å²) < 4.78 is 0. The van der Waals surface area contributed by atoms with Gasteiger partial charge in [0.1, 0.15) is 0 Å². The van der Waals surface area contributed by atoms with Gasteiger partial charge in [0.05, 0.1) is 5.38 Å². The predicted molar refractivity (Wildman–Crippen MR) is 88.4 cm³/mol. The summed E-state index contributed by atoms with van der Waals surface area (Å²) in [5.41, 5.74) is 2.01. The number of Topliss-reactive ketones (excluding diaryl/α,β-unsaturated/α-hetero) is 1. The van der Waals surface area contributed by atoms with Crippen molar-refractivity contribution >= 4 is 23.5 Å². The van der Waals surface area contributed by atoms with Gasteiger partial charge in [0, 0.05) is 0 Å². The van der Waals surface area contributed by atoms with Crippen molar-refractivity contribution in [3.8, 4) is 0 Å². The Morgan fingerprint density at radius 3 is 2.43 bits per heavy atom. The number of allylic oxidation sites excluding steroid dienone is 1. The van der Waals surface area contributed by atoms with Gasteiger partial charge < -0.3 is 0 Å². The molecule has 1 nitrogen and oxygen atoms in total. The topological polar surface area (TPSA) is 17.1 Å². The summed E-state index contributed by atoms with van der Waals surface area (Å²) in [6.45, 7) is 0. The maximum atomic E-state index is 12.6. The van der Waals surface area contributed by atoms with Crippen molar-refractivity contribution in [1.82, 2.24) is 0 Å². The van der Waals surface area contributed by atoms with Crippen molar-refractivity contribution < 1.29 is 4.79 Å². The SMILES string of the molecule is O=C1C(=Cc2ccccc2)CCC(C2CCCCC2)C1Cl. The molecule has 2 fully saturated rings. The molecule has 0 N–H and O–H groups in total. The second-order valence-corrected chi connectivity index (χ2v) is 6.92. The van der Waals surface area contributed by atoms with Crippen LogP contribution in [-0.4, -0.2) is 11.2 Å². The maximum absolute atomic E-state index is 12.6. The molecule has 1 aromatic carbocycles. The van der Waals surface area contributed by atoms with Crippen LogP contribution in [-0.2, 0) is 4.79 Å². The third-order valence-electron chi connectivity index (χ3n) is 5.09. The summed E-state index contributed by atoms with van der Waals surface area (Å²) in [7, 11) is 0. The Kier molecular flexibility index (Phi) is 4.80. The van der Waals surface area contributed by atoms with Crippen LogP contribution >= 0.6 is 11.6 Å². The maximum Gasteiger partial charge on any atom is 0.176 e. The minimum Gasteiger partial charge on any atom is -0.293 e. The quantitative estimate of drug-likeness (QED) is 0.539. The fraction of sp³-hybridized carbons (Fsp3) is 0.526. The van der Waals surface area contributed by atoms with Crippen molar-refractivity contribution in [2.75, 3.05) is 0 Å². The molecule has 0 spiro atoms. The van der Waals surface area contributed by atoms with Crippen LogP contribution < -0.4 is 0 Å². The summed E-state index contributed by atoms with van der Waals surface area (Å²) in [6, 6.07) is 10.1. The molecular weight excluding hydrogens is 280 g/mol. The molecule has 2 saturated carbocycles. The fourth-order valence-corrected chi connectivity index (χ4v) is 4.37. The average molecular weight is 303 g/mol. The van der Waals surface area contributed by atoms with Crippen LogP contribution in [0.15, 0.2) is 35.9 Å². The van der Waals surface area contributed by atoms with Crippen LogP contribution in [0.1, 0.15) is 50.5 Å². The molecule has 2 aliphatic rings. The van der Waals surface area contributed by atoms with Gasteiger partial charge in [0.2, 0.25) is 0 Å². The van der Waals surface area contributed by atoms with Crippen molar-refractivity contribution in [3.05, 3.63) is 41.5 Å². The molecule has 21 heavy (non-hydrogen) atoms. The van der Waals surface area contributed by atoms with Crippen molar-refractivity contribution in [2.24, 2.45) is 11.8 Å². The van der Waals surface area contributed by atoms with E-state index in [0.29, 0.717) is 11.8 Å². The molecule has 0 amide bonds. The molecule has 0 aromatic heterocycles. The average Bonchev–Trinajstić information content (AvgIpc) is 2.54. The summed E-state index contributed by atoms with van der Waals surface area (Å²) >= 11 is 6.54. The highest BCUT2D eigenvalue weighted by Crippen LogP contribution is 2.41. The van der Waals surface area contributed by atoms with E-state index in [-0.39, 0.29) is 11.2 Å². The van der Waals surface area contributed by atoms with Crippen molar-refractivity contribution in [2.45, 2.75) is 50.3 Å². The largest absolute Gasteiger partial charge is 0.293 e. The number of hydrogen-bond donors (Lipinski definition) is 0.